The summed E-state index contributed by atoms with van der Waals surface area (Å²) in [5.41, 5.74) is 1.17. The lowest BCUT2D eigenvalue weighted by Gasteiger charge is -2.20. The maximum atomic E-state index is 4.75. The number of nitrogens with one attached hydrogen (secondary N) is 2. The molecule has 0 amide bonds. The molecule has 1 aliphatic heterocycles. The van der Waals surface area contributed by atoms with Gasteiger partial charge in [0, 0.05) is 44.5 Å². The lowest BCUT2D eigenvalue weighted by Crippen LogP contribution is -2.44. The Morgan fingerprint density at radius 2 is 2.09 bits per heavy atom. The molecule has 0 saturated carbocycles. The maximum absolute atomic E-state index is 4.75. The molecule has 1 aromatic rings. The average molecular weight is 324 g/mol. The van der Waals surface area contributed by atoms with E-state index in [0.29, 0.717) is 12.0 Å². The third-order valence-corrected chi connectivity index (χ3v) is 5.13. The van der Waals surface area contributed by atoms with Gasteiger partial charge in [0.05, 0.1) is 5.69 Å². The number of nitrogens with zero attached hydrogens (tertiary/aromatic N) is 3. The number of hydrogen-bond acceptors (Lipinski definition) is 4. The van der Waals surface area contributed by atoms with E-state index in [2.05, 4.69) is 46.7 Å². The van der Waals surface area contributed by atoms with Crippen LogP contribution in [-0.4, -0.2) is 43.7 Å². The minimum Gasteiger partial charge on any atom is -0.356 e. The van der Waals surface area contributed by atoms with Crippen LogP contribution in [0.2, 0.25) is 0 Å². The van der Waals surface area contributed by atoms with Gasteiger partial charge in [-0.05, 0) is 25.7 Å². The molecule has 1 fully saturated rings. The molecule has 2 rings (SSSR count). The van der Waals surface area contributed by atoms with Crippen LogP contribution in [0.25, 0.3) is 0 Å². The van der Waals surface area contributed by atoms with Gasteiger partial charge in [-0.1, -0.05) is 13.8 Å². The normalized spacial score (nSPS) is 17.1. The molecule has 6 heteroatoms. The highest BCUT2D eigenvalue weighted by atomic mass is 32.1. The number of thiazole rings is 1. The topological polar surface area (TPSA) is 52.6 Å². The second-order valence-electron chi connectivity index (χ2n) is 6.24. The van der Waals surface area contributed by atoms with E-state index in [1.807, 2.05) is 7.05 Å². The van der Waals surface area contributed by atoms with Gasteiger partial charge >= 0.3 is 0 Å². The van der Waals surface area contributed by atoms with Crippen molar-refractivity contribution in [3.05, 3.63) is 11.1 Å². The smallest absolute Gasteiger partial charge is 0.191 e. The van der Waals surface area contributed by atoms with Gasteiger partial charge in [-0.25, -0.2) is 4.98 Å². The fourth-order valence-corrected chi connectivity index (χ4v) is 3.26. The molecular weight excluding hydrogens is 294 g/mol. The molecule has 0 aromatic carbocycles. The summed E-state index contributed by atoms with van der Waals surface area (Å²) in [6.45, 7) is 9.78. The summed E-state index contributed by atoms with van der Waals surface area (Å²) in [6.07, 6.45) is 3.53. The standard InChI is InChI=1S/C16H29N5S/c1-12(2)13(3)19-15(17-4)18-8-7-14-11-22-16(20-14)21-9-5-6-10-21/h11-13H,5-10H2,1-4H3,(H2,17,18,19). The molecule has 22 heavy (non-hydrogen) atoms. The van der Waals surface area contributed by atoms with Gasteiger partial charge in [0.1, 0.15) is 0 Å². The number of anilines is 1. The fourth-order valence-electron chi connectivity index (χ4n) is 2.35. The van der Waals surface area contributed by atoms with Crippen LogP contribution in [0.1, 0.15) is 39.3 Å². The van der Waals surface area contributed by atoms with Crippen molar-refractivity contribution >= 4 is 22.4 Å². The fraction of sp³-hybridized carbons (Fsp3) is 0.750. The Morgan fingerprint density at radius 1 is 1.36 bits per heavy atom. The number of aromatic nitrogens is 1. The Labute approximate surface area is 138 Å². The molecule has 5 nitrogen and oxygen atoms in total. The van der Waals surface area contributed by atoms with Gasteiger partial charge in [-0.3, -0.25) is 4.99 Å². The molecular formula is C16H29N5S. The Bertz CT molecular complexity index is 477. The van der Waals surface area contributed by atoms with Crippen LogP contribution in [0, 0.1) is 5.92 Å². The highest BCUT2D eigenvalue weighted by Crippen LogP contribution is 2.24. The van der Waals surface area contributed by atoms with Crippen molar-refractivity contribution in [3.8, 4) is 0 Å². The number of aliphatic imine (C=N–C) groups is 1. The van der Waals surface area contributed by atoms with E-state index in [9.17, 15) is 0 Å². The van der Waals surface area contributed by atoms with Crippen LogP contribution in [0.4, 0.5) is 5.13 Å². The van der Waals surface area contributed by atoms with Crippen LogP contribution in [0.15, 0.2) is 10.4 Å². The van der Waals surface area contributed by atoms with Gasteiger partial charge < -0.3 is 15.5 Å². The molecule has 0 spiro atoms. The van der Waals surface area contributed by atoms with Gasteiger partial charge in [0.2, 0.25) is 0 Å². The molecule has 2 N–H and O–H groups in total. The average Bonchev–Trinajstić information content (AvgIpc) is 3.16. The van der Waals surface area contributed by atoms with Crippen molar-refractivity contribution in [3.63, 3.8) is 0 Å². The Balaban J connectivity index is 1.75. The SMILES string of the molecule is CN=C(NCCc1csc(N2CCCC2)n1)NC(C)C(C)C. The van der Waals surface area contributed by atoms with E-state index < -0.39 is 0 Å². The lowest BCUT2D eigenvalue weighted by atomic mass is 10.1. The van der Waals surface area contributed by atoms with Gasteiger partial charge in [-0.2, -0.15) is 0 Å². The zero-order valence-electron chi connectivity index (χ0n) is 14.2. The second-order valence-corrected chi connectivity index (χ2v) is 7.08. The Morgan fingerprint density at radius 3 is 2.73 bits per heavy atom. The maximum Gasteiger partial charge on any atom is 0.191 e. The van der Waals surface area contributed by atoms with E-state index in [1.165, 1.54) is 23.7 Å². The molecule has 0 bridgehead atoms. The van der Waals surface area contributed by atoms with Crippen LogP contribution in [0.5, 0.6) is 0 Å². The van der Waals surface area contributed by atoms with Crippen molar-refractivity contribution in [2.45, 2.75) is 46.1 Å². The zero-order chi connectivity index (χ0) is 15.9. The minimum atomic E-state index is 0.409. The quantitative estimate of drug-likeness (QED) is 0.624. The summed E-state index contributed by atoms with van der Waals surface area (Å²) in [6, 6.07) is 0.409. The van der Waals surface area contributed by atoms with Crippen LogP contribution in [-0.2, 0) is 6.42 Å². The predicted octanol–water partition coefficient (Wildman–Crippen LogP) is 2.50. The molecule has 1 unspecified atom stereocenters. The molecule has 1 atom stereocenters. The highest BCUT2D eigenvalue weighted by Gasteiger charge is 2.15. The first-order valence-corrected chi connectivity index (χ1v) is 9.14. The molecule has 1 aromatic heterocycles. The number of rotatable bonds is 6. The first-order chi connectivity index (χ1) is 10.6. The van der Waals surface area contributed by atoms with Crippen molar-refractivity contribution in [1.29, 1.82) is 0 Å². The van der Waals surface area contributed by atoms with Crippen molar-refractivity contribution < 1.29 is 0 Å². The van der Waals surface area contributed by atoms with Crippen molar-refractivity contribution in [2.75, 3.05) is 31.6 Å². The van der Waals surface area contributed by atoms with Gasteiger partial charge in [-0.15, -0.1) is 11.3 Å². The van der Waals surface area contributed by atoms with Crippen LogP contribution >= 0.6 is 11.3 Å². The van der Waals surface area contributed by atoms with Crippen LogP contribution in [0.3, 0.4) is 0 Å². The summed E-state index contributed by atoms with van der Waals surface area (Å²) in [5.74, 6) is 1.45. The summed E-state index contributed by atoms with van der Waals surface area (Å²) < 4.78 is 0. The van der Waals surface area contributed by atoms with E-state index in [4.69, 9.17) is 4.98 Å². The molecule has 0 radical (unpaired) electrons. The summed E-state index contributed by atoms with van der Waals surface area (Å²) in [5, 5.41) is 10.2. The van der Waals surface area contributed by atoms with E-state index in [1.54, 1.807) is 11.3 Å². The summed E-state index contributed by atoms with van der Waals surface area (Å²) in [4.78, 5) is 11.4. The predicted molar refractivity (Wildman–Crippen MR) is 96.1 cm³/mol. The van der Waals surface area contributed by atoms with E-state index in [-0.39, 0.29) is 0 Å². The molecule has 1 saturated heterocycles. The first kappa shape index (κ1) is 17.1. The van der Waals surface area contributed by atoms with Crippen LogP contribution < -0.4 is 15.5 Å². The molecule has 124 valence electrons. The summed E-state index contributed by atoms with van der Waals surface area (Å²) in [7, 11) is 1.82. The molecule has 2 heterocycles. The van der Waals surface area contributed by atoms with E-state index in [0.717, 1.165) is 32.0 Å². The number of guanidine groups is 1. The minimum absolute atomic E-state index is 0.409. The van der Waals surface area contributed by atoms with Gasteiger partial charge in [0.15, 0.2) is 11.1 Å². The third-order valence-electron chi connectivity index (χ3n) is 4.18. The number of hydrogen-bond donors (Lipinski definition) is 2. The zero-order valence-corrected chi connectivity index (χ0v) is 15.0. The monoisotopic (exact) mass is 323 g/mol. The highest BCUT2D eigenvalue weighted by molar-refractivity contribution is 7.13. The van der Waals surface area contributed by atoms with E-state index >= 15 is 0 Å². The second kappa shape index (κ2) is 8.36. The van der Waals surface area contributed by atoms with Crippen molar-refractivity contribution in [1.82, 2.24) is 15.6 Å². The lowest BCUT2D eigenvalue weighted by molar-refractivity contribution is 0.481. The van der Waals surface area contributed by atoms with Gasteiger partial charge in [0.25, 0.3) is 0 Å². The Hall–Kier alpha value is -1.30. The first-order valence-electron chi connectivity index (χ1n) is 8.26. The molecule has 1 aliphatic rings. The Kier molecular flexibility index (Phi) is 6.49. The van der Waals surface area contributed by atoms with Crippen molar-refractivity contribution in [2.24, 2.45) is 10.9 Å². The molecule has 0 aliphatic carbocycles. The third kappa shape index (κ3) is 4.87. The summed E-state index contributed by atoms with van der Waals surface area (Å²) >= 11 is 1.77. The largest absolute Gasteiger partial charge is 0.356 e.